The molecule has 362 valence electrons. The molecule has 0 unspecified atom stereocenters. The number of rotatable bonds is 22. The van der Waals surface area contributed by atoms with Gasteiger partial charge in [0.15, 0.2) is 24.6 Å². The standard InChI is InChI=1S/C32H48N6O18S8/c1-33(57(5,41)42)61(49,50)21-17-37(18-22-62(51,52)34(2)58(6,43)44)27-13-9-25(10-14-27)29-31(39)30(32(29)40)26-11-15-28(16-12-26)38(19-23-63(53,54)35(3)59(7,45)46)20-24-64(55,56)36(4)60(8,47)48/h9-16H,17-24H2,1-8H3. The van der Waals surface area contributed by atoms with Crippen LogP contribution >= 0.6 is 0 Å². The fraction of sp³-hybridized carbons (Fsp3) is 0.500. The molecule has 0 atom stereocenters. The highest BCUT2D eigenvalue weighted by atomic mass is 32.3. The fourth-order valence-corrected chi connectivity index (χ4v) is 15.9. The summed E-state index contributed by atoms with van der Waals surface area (Å²) in [6, 6.07) is 5.27. The van der Waals surface area contributed by atoms with Crippen LogP contribution in [0.4, 0.5) is 5.69 Å². The van der Waals surface area contributed by atoms with Crippen molar-refractivity contribution >= 4 is 103 Å². The summed E-state index contributed by atoms with van der Waals surface area (Å²) >= 11 is 0. The van der Waals surface area contributed by atoms with Crippen LogP contribution in [0.5, 0.6) is 0 Å². The minimum atomic E-state index is -4.46. The van der Waals surface area contributed by atoms with E-state index in [1.54, 1.807) is 0 Å². The second-order valence-electron chi connectivity index (χ2n) is 14.3. The molecule has 0 saturated carbocycles. The third-order valence-electron chi connectivity index (χ3n) is 9.86. The molecule has 2 aliphatic rings. The topological polar surface area (TPSA) is 332 Å². The first-order valence-electron chi connectivity index (χ1n) is 18.0. The van der Waals surface area contributed by atoms with Gasteiger partial charge in [0.2, 0.25) is 80.2 Å². The highest BCUT2D eigenvalue weighted by Gasteiger charge is 2.34. The number of ketones is 1. The summed E-state index contributed by atoms with van der Waals surface area (Å²) in [6.45, 7) is -1.94. The van der Waals surface area contributed by atoms with E-state index in [0.717, 1.165) is 28.2 Å². The molecule has 1 aromatic carbocycles. The van der Waals surface area contributed by atoms with Gasteiger partial charge in [0.1, 0.15) is 11.5 Å². The van der Waals surface area contributed by atoms with E-state index < -0.39 is 141 Å². The van der Waals surface area contributed by atoms with Crippen molar-refractivity contribution < 1.29 is 81.8 Å². The van der Waals surface area contributed by atoms with Crippen LogP contribution in [0, 0.1) is 0 Å². The second kappa shape index (κ2) is 19.4. The molecule has 24 nitrogen and oxygen atoms in total. The van der Waals surface area contributed by atoms with E-state index in [4.69, 9.17) is 0 Å². The van der Waals surface area contributed by atoms with Crippen molar-refractivity contribution in [1.29, 1.82) is 0 Å². The summed E-state index contributed by atoms with van der Waals surface area (Å²) in [5.41, 5.74) is -0.0511. The van der Waals surface area contributed by atoms with Crippen molar-refractivity contribution in [3.8, 4) is 0 Å². The number of Topliss-reactive ketones (excluding diaryl/α,β-unsaturated/α-hetero) is 1. The van der Waals surface area contributed by atoms with Crippen LogP contribution in [0.3, 0.4) is 0 Å². The van der Waals surface area contributed by atoms with Gasteiger partial charge in [0.05, 0.1) is 36.5 Å². The van der Waals surface area contributed by atoms with E-state index in [0.29, 0.717) is 25.0 Å². The molecular weight excluding hydrogens is 1010 g/mol. The van der Waals surface area contributed by atoms with Gasteiger partial charge >= 0.3 is 0 Å². The molecule has 0 N–H and O–H groups in total. The Morgan fingerprint density at radius 3 is 1.12 bits per heavy atom. The maximum Gasteiger partial charge on any atom is 0.233 e. The fourth-order valence-electron chi connectivity index (χ4n) is 5.58. The Kier molecular flexibility index (Phi) is 16.7. The van der Waals surface area contributed by atoms with Gasteiger partial charge in [0.25, 0.3) is 0 Å². The van der Waals surface area contributed by atoms with Crippen molar-refractivity contribution in [2.24, 2.45) is 0 Å². The number of carbonyl (C=O) groups excluding carboxylic acids is 1. The van der Waals surface area contributed by atoms with Gasteiger partial charge in [-0.2, -0.15) is 0 Å². The molecule has 0 spiro atoms. The van der Waals surface area contributed by atoms with Gasteiger partial charge in [-0.15, -0.1) is 0 Å². The lowest BCUT2D eigenvalue weighted by Gasteiger charge is -2.32. The van der Waals surface area contributed by atoms with Gasteiger partial charge in [-0.1, -0.05) is 32.7 Å². The molecule has 2 aliphatic carbocycles. The SMILES string of the molecule is CN(S(C)(=O)=O)S(=O)(=O)CCN(CCS(=O)(=O)N(C)S(C)(=O)=O)c1ccc(C2=C([O-])C(=C3C=CC(=[N+](CCS(=O)(=O)N(C)S(C)(=O)=O)CCS(=O)(=O)N(C)S(C)(=O)=O)C=C3)C2=O)cc1. The largest absolute Gasteiger partial charge is 0.871 e. The first-order valence-corrected chi connectivity index (χ1v) is 31.8. The van der Waals surface area contributed by atoms with Crippen LogP contribution in [0.1, 0.15) is 5.56 Å². The maximum absolute atomic E-state index is 13.4. The number of sulfonamides is 8. The molecule has 0 saturated heterocycles. The second-order valence-corrected chi connectivity index (χ2v) is 31.8. The van der Waals surface area contributed by atoms with Gasteiger partial charge in [-0.05, 0) is 35.4 Å². The molecular formula is C32H48N6O18S8. The number of nitrogens with zero attached hydrogens (tertiary/aromatic N) is 6. The summed E-state index contributed by atoms with van der Waals surface area (Å²) in [5.74, 6) is -4.75. The molecule has 0 radical (unpaired) electrons. The van der Waals surface area contributed by atoms with E-state index in [2.05, 4.69) is 0 Å². The third kappa shape index (κ3) is 13.3. The molecule has 0 aliphatic heterocycles. The van der Waals surface area contributed by atoms with Crippen molar-refractivity contribution in [3.63, 3.8) is 0 Å². The number of benzene rings is 1. The first-order chi connectivity index (χ1) is 28.8. The molecule has 0 heterocycles. The maximum atomic E-state index is 13.4. The summed E-state index contributed by atoms with van der Waals surface area (Å²) < 4.78 is 200. The molecule has 3 rings (SSSR count). The van der Waals surface area contributed by atoms with Crippen LogP contribution in [-0.4, -0.2) is 201 Å². The zero-order valence-corrected chi connectivity index (χ0v) is 42.1. The summed E-state index contributed by atoms with van der Waals surface area (Å²) in [6.07, 6.45) is 7.92. The molecule has 1 aromatic rings. The van der Waals surface area contributed by atoms with Crippen LogP contribution in [0.15, 0.2) is 65.5 Å². The van der Waals surface area contributed by atoms with Gasteiger partial charge in [-0.3, -0.25) is 4.79 Å². The minimum absolute atomic E-state index is 0.0969. The van der Waals surface area contributed by atoms with Crippen LogP contribution in [0.25, 0.3) is 5.57 Å². The first kappa shape index (κ1) is 54.9. The smallest absolute Gasteiger partial charge is 0.233 e. The summed E-state index contributed by atoms with van der Waals surface area (Å²) in [5, 5.41) is 13.4. The van der Waals surface area contributed by atoms with E-state index in [1.165, 1.54) is 58.0 Å². The molecule has 0 amide bonds. The zero-order valence-electron chi connectivity index (χ0n) is 35.6. The van der Waals surface area contributed by atoms with Crippen molar-refractivity contribution in [1.82, 2.24) is 14.8 Å². The Balaban J connectivity index is 1.99. The molecule has 0 fully saturated rings. The Hall–Kier alpha value is -3.44. The Bertz CT molecular complexity index is 2980. The molecule has 0 bridgehead atoms. The van der Waals surface area contributed by atoms with Crippen LogP contribution < -0.4 is 10.0 Å². The lowest BCUT2D eigenvalue weighted by Crippen LogP contribution is -2.41. The average molecular weight is 1060 g/mol. The Morgan fingerprint density at radius 1 is 0.484 bits per heavy atom. The van der Waals surface area contributed by atoms with Crippen molar-refractivity contribution in [3.05, 3.63) is 71.0 Å². The summed E-state index contributed by atoms with van der Waals surface area (Å²) in [4.78, 5) is 14.7. The highest BCUT2D eigenvalue weighted by Crippen LogP contribution is 2.38. The van der Waals surface area contributed by atoms with Crippen LogP contribution in [-0.2, 0) is 85.0 Å². The minimum Gasteiger partial charge on any atom is -0.871 e. The van der Waals surface area contributed by atoms with Gasteiger partial charge in [0, 0.05) is 70.3 Å². The molecule has 32 heteroatoms. The van der Waals surface area contributed by atoms with Gasteiger partial charge < -0.3 is 10.0 Å². The normalized spacial score (nSPS) is 16.1. The predicted molar refractivity (Wildman–Crippen MR) is 236 cm³/mol. The zero-order chi connectivity index (χ0) is 49.4. The lowest BCUT2D eigenvalue weighted by atomic mass is 9.80. The Morgan fingerprint density at radius 2 is 0.812 bits per heavy atom. The van der Waals surface area contributed by atoms with E-state index in [1.807, 2.05) is 0 Å². The van der Waals surface area contributed by atoms with Gasteiger partial charge in [-0.25, -0.2) is 71.9 Å². The van der Waals surface area contributed by atoms with E-state index in [-0.39, 0.29) is 48.5 Å². The average Bonchev–Trinajstić information content (AvgIpc) is 3.16. The number of anilines is 1. The lowest BCUT2D eigenvalue weighted by molar-refractivity contribution is -0.517. The quantitative estimate of drug-likeness (QED) is 0.0787. The van der Waals surface area contributed by atoms with E-state index in [9.17, 15) is 77.2 Å². The number of allylic oxidation sites excluding steroid dienone is 7. The highest BCUT2D eigenvalue weighted by molar-refractivity contribution is 8.05. The number of hydrogen-bond donors (Lipinski definition) is 0. The predicted octanol–water partition coefficient (Wildman–Crippen LogP) is -4.09. The molecule has 64 heavy (non-hydrogen) atoms. The van der Waals surface area contributed by atoms with E-state index >= 15 is 0 Å². The monoisotopic (exact) mass is 1060 g/mol. The van der Waals surface area contributed by atoms with Crippen molar-refractivity contribution in [2.45, 2.75) is 0 Å². The summed E-state index contributed by atoms with van der Waals surface area (Å²) in [7, 11) is -31.4. The number of hydrogen-bond acceptors (Lipinski definition) is 19. The Labute approximate surface area is 375 Å². The van der Waals surface area contributed by atoms with Crippen LogP contribution in [0.2, 0.25) is 0 Å². The van der Waals surface area contributed by atoms with Crippen molar-refractivity contribution in [2.75, 3.05) is 107 Å². The third-order valence-corrected chi connectivity index (χ3v) is 25.5. The number of carbonyl (C=O) groups is 1. The molecule has 0 aromatic heterocycles.